The van der Waals surface area contributed by atoms with Crippen molar-refractivity contribution in [2.24, 2.45) is 0 Å². The lowest BCUT2D eigenvalue weighted by Gasteiger charge is -2.29. The first kappa shape index (κ1) is 23.8. The maximum Gasteiger partial charge on any atom is 0.408 e. The van der Waals surface area contributed by atoms with E-state index < -0.39 is 17.6 Å². The van der Waals surface area contributed by atoms with Crippen molar-refractivity contribution in [1.82, 2.24) is 10.6 Å². The number of carbonyl (C=O) groups excluding carboxylic acids is 2. The number of hydrogen-bond acceptors (Lipinski definition) is 5. The molecule has 0 radical (unpaired) electrons. The lowest BCUT2D eigenvalue weighted by molar-refractivity contribution is -0.138. The number of aliphatic carboxylic acids is 1. The molecule has 2 aliphatic rings. The number of carboxylic acid groups (broad SMARTS) is 1. The molecule has 0 atom stereocenters. The van der Waals surface area contributed by atoms with Crippen molar-refractivity contribution in [3.63, 3.8) is 0 Å². The van der Waals surface area contributed by atoms with Crippen LogP contribution in [0.25, 0.3) is 11.1 Å². The van der Waals surface area contributed by atoms with Gasteiger partial charge in [0, 0.05) is 12.5 Å². The SMILES string of the molecule is O=C(O)CCOCCNC(=O)C1(NC(=O)OCC2c3ccccc3-c3ccccc32)CCCC1. The molecule has 2 amide bonds. The monoisotopic (exact) mass is 466 g/mol. The lowest BCUT2D eigenvalue weighted by Crippen LogP contribution is -2.57. The van der Waals surface area contributed by atoms with E-state index in [0.29, 0.717) is 12.8 Å². The van der Waals surface area contributed by atoms with Gasteiger partial charge in [-0.15, -0.1) is 0 Å². The fraction of sp³-hybridized carbons (Fsp3) is 0.423. The zero-order valence-electron chi connectivity index (χ0n) is 19.0. The average Bonchev–Trinajstić information content (AvgIpc) is 3.43. The van der Waals surface area contributed by atoms with E-state index in [4.69, 9.17) is 14.6 Å². The first-order valence-corrected chi connectivity index (χ1v) is 11.7. The number of ether oxygens (including phenoxy) is 2. The molecule has 2 aromatic rings. The molecule has 0 spiro atoms. The quantitative estimate of drug-likeness (QED) is 0.462. The van der Waals surface area contributed by atoms with Crippen LogP contribution in [-0.2, 0) is 19.1 Å². The fourth-order valence-electron chi connectivity index (χ4n) is 4.88. The Hall–Kier alpha value is -3.39. The molecule has 0 unspecified atom stereocenters. The maximum absolute atomic E-state index is 12.9. The summed E-state index contributed by atoms with van der Waals surface area (Å²) in [6, 6.07) is 16.3. The van der Waals surface area contributed by atoms with Gasteiger partial charge in [-0.05, 0) is 35.1 Å². The van der Waals surface area contributed by atoms with Crippen LogP contribution in [-0.4, -0.2) is 55.0 Å². The number of alkyl carbamates (subject to hydrolysis) is 1. The zero-order chi connectivity index (χ0) is 24.0. The number of amides is 2. The van der Waals surface area contributed by atoms with Crippen LogP contribution < -0.4 is 10.6 Å². The van der Waals surface area contributed by atoms with E-state index in [1.807, 2.05) is 24.3 Å². The van der Waals surface area contributed by atoms with Crippen LogP contribution in [0.2, 0.25) is 0 Å². The molecule has 2 aromatic carbocycles. The van der Waals surface area contributed by atoms with Crippen molar-refractivity contribution in [2.45, 2.75) is 43.6 Å². The highest BCUT2D eigenvalue weighted by Crippen LogP contribution is 2.44. The summed E-state index contributed by atoms with van der Waals surface area (Å²) < 4.78 is 10.9. The second-order valence-electron chi connectivity index (χ2n) is 8.75. The molecule has 0 saturated heterocycles. The highest BCUT2D eigenvalue weighted by atomic mass is 16.5. The maximum atomic E-state index is 12.9. The molecule has 8 nitrogen and oxygen atoms in total. The number of rotatable bonds is 10. The fourth-order valence-corrected chi connectivity index (χ4v) is 4.88. The molecule has 180 valence electrons. The molecule has 0 aromatic heterocycles. The Morgan fingerprint density at radius 3 is 2.18 bits per heavy atom. The van der Waals surface area contributed by atoms with Gasteiger partial charge in [-0.25, -0.2) is 4.79 Å². The summed E-state index contributed by atoms with van der Waals surface area (Å²) >= 11 is 0. The summed E-state index contributed by atoms with van der Waals surface area (Å²) in [6.07, 6.45) is 2.09. The summed E-state index contributed by atoms with van der Waals surface area (Å²) in [4.78, 5) is 36.2. The second-order valence-corrected chi connectivity index (χ2v) is 8.75. The van der Waals surface area contributed by atoms with Crippen LogP contribution in [0.4, 0.5) is 4.79 Å². The average molecular weight is 467 g/mol. The molecule has 34 heavy (non-hydrogen) atoms. The van der Waals surface area contributed by atoms with Gasteiger partial charge >= 0.3 is 12.1 Å². The van der Waals surface area contributed by atoms with Gasteiger partial charge in [-0.2, -0.15) is 0 Å². The Morgan fingerprint density at radius 2 is 1.56 bits per heavy atom. The summed E-state index contributed by atoms with van der Waals surface area (Å²) in [5, 5.41) is 14.3. The highest BCUT2D eigenvalue weighted by Gasteiger charge is 2.43. The largest absolute Gasteiger partial charge is 0.481 e. The van der Waals surface area contributed by atoms with E-state index >= 15 is 0 Å². The van der Waals surface area contributed by atoms with Gasteiger partial charge in [-0.1, -0.05) is 61.4 Å². The summed E-state index contributed by atoms with van der Waals surface area (Å²) in [5.41, 5.74) is 3.58. The first-order chi connectivity index (χ1) is 16.5. The lowest BCUT2D eigenvalue weighted by atomic mass is 9.96. The third kappa shape index (κ3) is 5.22. The van der Waals surface area contributed by atoms with Gasteiger partial charge < -0.3 is 25.2 Å². The van der Waals surface area contributed by atoms with Gasteiger partial charge in [-0.3, -0.25) is 9.59 Å². The van der Waals surface area contributed by atoms with Gasteiger partial charge in [0.1, 0.15) is 12.1 Å². The predicted molar refractivity (Wildman–Crippen MR) is 125 cm³/mol. The van der Waals surface area contributed by atoms with Crippen molar-refractivity contribution in [2.75, 3.05) is 26.4 Å². The highest BCUT2D eigenvalue weighted by molar-refractivity contribution is 5.90. The topological polar surface area (TPSA) is 114 Å². The van der Waals surface area contributed by atoms with Gasteiger partial charge in [0.25, 0.3) is 0 Å². The Balaban J connectivity index is 1.32. The number of nitrogens with one attached hydrogen (secondary N) is 2. The van der Waals surface area contributed by atoms with Crippen LogP contribution in [0.15, 0.2) is 48.5 Å². The predicted octanol–water partition coefficient (Wildman–Crippen LogP) is 3.45. The Kier molecular flexibility index (Phi) is 7.47. The van der Waals surface area contributed by atoms with Crippen LogP contribution in [0.5, 0.6) is 0 Å². The molecular weight excluding hydrogens is 436 g/mol. The third-order valence-corrected chi connectivity index (χ3v) is 6.57. The molecule has 3 N–H and O–H groups in total. The molecule has 1 fully saturated rings. The Morgan fingerprint density at radius 1 is 0.941 bits per heavy atom. The minimum absolute atomic E-state index is 0.0468. The van der Waals surface area contributed by atoms with E-state index in [0.717, 1.165) is 35.1 Å². The summed E-state index contributed by atoms with van der Waals surface area (Å²) in [6.45, 7) is 0.732. The van der Waals surface area contributed by atoms with E-state index in [1.165, 1.54) is 0 Å². The van der Waals surface area contributed by atoms with Crippen LogP contribution in [0.3, 0.4) is 0 Å². The Bertz CT molecular complexity index is 1000. The minimum Gasteiger partial charge on any atom is -0.481 e. The van der Waals surface area contributed by atoms with Crippen LogP contribution in [0.1, 0.15) is 49.1 Å². The minimum atomic E-state index is -0.996. The van der Waals surface area contributed by atoms with E-state index in [1.54, 1.807) is 0 Å². The first-order valence-electron chi connectivity index (χ1n) is 11.7. The van der Waals surface area contributed by atoms with E-state index in [2.05, 4.69) is 34.9 Å². The molecule has 4 rings (SSSR count). The number of carboxylic acids is 1. The van der Waals surface area contributed by atoms with Crippen molar-refractivity contribution >= 4 is 18.0 Å². The van der Waals surface area contributed by atoms with Crippen molar-refractivity contribution in [1.29, 1.82) is 0 Å². The number of carbonyl (C=O) groups is 3. The standard InChI is InChI=1S/C26H30N2O6/c29-23(30)11-15-33-16-14-27-24(31)26(12-5-6-13-26)28-25(32)34-17-22-20-9-3-1-7-18(20)19-8-2-4-10-21(19)22/h1-4,7-10,22H,5-6,11-17H2,(H,27,31)(H,28,32)(H,29,30). The number of fused-ring (bicyclic) bond motifs is 3. The van der Waals surface area contributed by atoms with E-state index in [-0.39, 0.29) is 44.6 Å². The molecule has 8 heteroatoms. The van der Waals surface area contributed by atoms with Crippen molar-refractivity contribution in [3.8, 4) is 11.1 Å². The van der Waals surface area contributed by atoms with Crippen molar-refractivity contribution in [3.05, 3.63) is 59.7 Å². The summed E-state index contributed by atoms with van der Waals surface area (Å²) in [7, 11) is 0. The number of benzene rings is 2. The van der Waals surface area contributed by atoms with Crippen molar-refractivity contribution < 1.29 is 29.0 Å². The van der Waals surface area contributed by atoms with Gasteiger partial charge in [0.15, 0.2) is 0 Å². The smallest absolute Gasteiger partial charge is 0.408 e. The normalized spacial score (nSPS) is 15.9. The number of hydrogen-bond donors (Lipinski definition) is 3. The summed E-state index contributed by atoms with van der Waals surface area (Å²) in [5.74, 6) is -1.24. The van der Waals surface area contributed by atoms with Gasteiger partial charge in [0.05, 0.1) is 19.6 Å². The molecule has 1 saturated carbocycles. The third-order valence-electron chi connectivity index (χ3n) is 6.57. The molecule has 0 aliphatic heterocycles. The van der Waals surface area contributed by atoms with Gasteiger partial charge in [0.2, 0.25) is 5.91 Å². The molecule has 2 aliphatic carbocycles. The van der Waals surface area contributed by atoms with Crippen LogP contribution in [0, 0.1) is 0 Å². The molecular formula is C26H30N2O6. The second kappa shape index (κ2) is 10.7. The zero-order valence-corrected chi connectivity index (χ0v) is 19.0. The molecule has 0 bridgehead atoms. The Labute approximate surface area is 198 Å². The van der Waals surface area contributed by atoms with E-state index in [9.17, 15) is 14.4 Å². The van der Waals surface area contributed by atoms with Crippen LogP contribution >= 0.6 is 0 Å². The molecule has 0 heterocycles.